The molecule has 1 aliphatic rings. The molecule has 3 rings (SSSR count). The molecule has 1 N–H and O–H groups in total. The van der Waals surface area contributed by atoms with E-state index in [2.05, 4.69) is 56.4 Å². The fourth-order valence-corrected chi connectivity index (χ4v) is 3.75. The van der Waals surface area contributed by atoms with Crippen molar-refractivity contribution < 1.29 is 14.2 Å². The molecule has 0 fully saturated rings. The van der Waals surface area contributed by atoms with E-state index in [0.717, 1.165) is 36.6 Å². The Kier molecular flexibility index (Phi) is 5.66. The van der Waals surface area contributed by atoms with Gasteiger partial charge in [0.05, 0.1) is 27.4 Å². The van der Waals surface area contributed by atoms with Crippen LogP contribution < -0.4 is 19.5 Å². The minimum absolute atomic E-state index is 0.0658. The van der Waals surface area contributed by atoms with Crippen molar-refractivity contribution in [2.75, 3.05) is 27.9 Å². The van der Waals surface area contributed by atoms with Crippen LogP contribution in [-0.2, 0) is 11.8 Å². The first-order valence-electron chi connectivity index (χ1n) is 9.61. The molecule has 2 aromatic rings. The van der Waals surface area contributed by atoms with Gasteiger partial charge in [0.25, 0.3) is 0 Å². The lowest BCUT2D eigenvalue weighted by atomic mass is 9.80. The molecule has 4 heteroatoms. The first-order chi connectivity index (χ1) is 12.9. The molecule has 0 saturated heterocycles. The summed E-state index contributed by atoms with van der Waals surface area (Å²) in [4.78, 5) is 0. The number of rotatable bonds is 6. The van der Waals surface area contributed by atoms with Crippen LogP contribution >= 0.6 is 0 Å². The van der Waals surface area contributed by atoms with Crippen LogP contribution in [0.4, 0.5) is 0 Å². The van der Waals surface area contributed by atoms with Crippen LogP contribution in [0.2, 0.25) is 0 Å². The number of fused-ring (bicyclic) bond motifs is 1. The Morgan fingerprint density at radius 2 is 1.59 bits per heavy atom. The van der Waals surface area contributed by atoms with Crippen molar-refractivity contribution in [3.8, 4) is 17.2 Å². The van der Waals surface area contributed by atoms with Gasteiger partial charge in [0.1, 0.15) is 5.75 Å². The zero-order valence-electron chi connectivity index (χ0n) is 17.3. The predicted molar refractivity (Wildman–Crippen MR) is 109 cm³/mol. The molecular weight excluding hydrogens is 338 g/mol. The summed E-state index contributed by atoms with van der Waals surface area (Å²) < 4.78 is 16.8. The van der Waals surface area contributed by atoms with Gasteiger partial charge in [0, 0.05) is 12.1 Å². The third-order valence-electron chi connectivity index (χ3n) is 5.91. The van der Waals surface area contributed by atoms with Crippen LogP contribution in [0.3, 0.4) is 0 Å². The van der Waals surface area contributed by atoms with E-state index in [1.165, 1.54) is 22.3 Å². The van der Waals surface area contributed by atoms with Gasteiger partial charge < -0.3 is 19.5 Å². The third-order valence-corrected chi connectivity index (χ3v) is 5.91. The standard InChI is InChI=1S/C23H31NO3/c1-7-23(2,3)16-8-9-19(25-4)18(13-16)22-17-14-21(27-6)20(26-5)12-15(17)10-11-24-22/h8-9,12-14,22,24H,7,10-11H2,1-6H3. The molecule has 146 valence electrons. The van der Waals surface area contributed by atoms with Gasteiger partial charge in [-0.05, 0) is 59.2 Å². The molecule has 0 bridgehead atoms. The fraction of sp³-hybridized carbons (Fsp3) is 0.478. The summed E-state index contributed by atoms with van der Waals surface area (Å²) in [6, 6.07) is 10.8. The number of methoxy groups -OCH3 is 3. The van der Waals surface area contributed by atoms with E-state index in [9.17, 15) is 0 Å². The maximum absolute atomic E-state index is 5.72. The Morgan fingerprint density at radius 3 is 2.22 bits per heavy atom. The Bertz CT molecular complexity index is 814. The van der Waals surface area contributed by atoms with Crippen LogP contribution in [-0.4, -0.2) is 27.9 Å². The average molecular weight is 370 g/mol. The summed E-state index contributed by atoms with van der Waals surface area (Å²) in [6.45, 7) is 7.72. The average Bonchev–Trinajstić information content (AvgIpc) is 2.71. The molecule has 1 unspecified atom stereocenters. The quantitative estimate of drug-likeness (QED) is 0.805. The predicted octanol–water partition coefficient (Wildman–Crippen LogP) is 4.64. The van der Waals surface area contributed by atoms with E-state index in [1.807, 2.05) is 0 Å². The van der Waals surface area contributed by atoms with E-state index >= 15 is 0 Å². The van der Waals surface area contributed by atoms with Gasteiger partial charge in [-0.2, -0.15) is 0 Å². The highest BCUT2D eigenvalue weighted by atomic mass is 16.5. The molecular formula is C23H31NO3. The van der Waals surface area contributed by atoms with Crippen LogP contribution in [0.25, 0.3) is 0 Å². The van der Waals surface area contributed by atoms with Gasteiger partial charge in [-0.1, -0.05) is 26.8 Å². The maximum atomic E-state index is 5.72. The molecule has 27 heavy (non-hydrogen) atoms. The van der Waals surface area contributed by atoms with Crippen LogP contribution in [0, 0.1) is 0 Å². The van der Waals surface area contributed by atoms with Gasteiger partial charge in [-0.25, -0.2) is 0 Å². The largest absolute Gasteiger partial charge is 0.496 e. The highest BCUT2D eigenvalue weighted by Gasteiger charge is 2.28. The molecule has 0 aliphatic carbocycles. The van der Waals surface area contributed by atoms with Gasteiger partial charge in [0.15, 0.2) is 11.5 Å². The summed E-state index contributed by atoms with van der Waals surface area (Å²) >= 11 is 0. The van der Waals surface area contributed by atoms with Gasteiger partial charge in [-0.15, -0.1) is 0 Å². The Balaban J connectivity index is 2.14. The summed E-state index contributed by atoms with van der Waals surface area (Å²) in [5, 5.41) is 3.68. The van der Waals surface area contributed by atoms with E-state index in [1.54, 1.807) is 21.3 Å². The second-order valence-corrected chi connectivity index (χ2v) is 7.74. The van der Waals surface area contributed by atoms with Crippen molar-refractivity contribution in [3.63, 3.8) is 0 Å². The Hall–Kier alpha value is -2.20. The summed E-state index contributed by atoms with van der Waals surface area (Å²) in [5.74, 6) is 2.45. The molecule has 0 aromatic heterocycles. The summed E-state index contributed by atoms with van der Waals surface area (Å²) in [6.07, 6.45) is 2.05. The van der Waals surface area contributed by atoms with Crippen molar-refractivity contribution in [3.05, 3.63) is 52.6 Å². The first-order valence-corrected chi connectivity index (χ1v) is 9.61. The zero-order valence-corrected chi connectivity index (χ0v) is 17.3. The molecule has 0 saturated carbocycles. The third kappa shape index (κ3) is 3.63. The zero-order chi connectivity index (χ0) is 19.6. The monoisotopic (exact) mass is 369 g/mol. The number of ether oxygens (including phenoxy) is 3. The van der Waals surface area contributed by atoms with E-state index in [-0.39, 0.29) is 11.5 Å². The van der Waals surface area contributed by atoms with E-state index in [0.29, 0.717) is 0 Å². The number of nitrogens with one attached hydrogen (secondary N) is 1. The SMILES string of the molecule is CCC(C)(C)c1ccc(OC)c(C2NCCc3cc(OC)c(OC)cc32)c1. The van der Waals surface area contributed by atoms with Crippen molar-refractivity contribution in [2.45, 2.75) is 45.1 Å². The molecule has 4 nitrogen and oxygen atoms in total. The number of benzene rings is 2. The molecule has 2 aromatic carbocycles. The van der Waals surface area contributed by atoms with E-state index < -0.39 is 0 Å². The van der Waals surface area contributed by atoms with Gasteiger partial charge >= 0.3 is 0 Å². The lowest BCUT2D eigenvalue weighted by Gasteiger charge is -2.31. The molecule has 1 aliphatic heterocycles. The topological polar surface area (TPSA) is 39.7 Å². The van der Waals surface area contributed by atoms with Crippen molar-refractivity contribution in [1.29, 1.82) is 0 Å². The summed E-state index contributed by atoms with van der Waals surface area (Å²) in [5.41, 5.74) is 5.14. The number of hydrogen-bond acceptors (Lipinski definition) is 4. The van der Waals surface area contributed by atoms with Gasteiger partial charge in [0.2, 0.25) is 0 Å². The van der Waals surface area contributed by atoms with Crippen LogP contribution in [0.1, 0.15) is 55.5 Å². The highest BCUT2D eigenvalue weighted by molar-refractivity contribution is 5.54. The lowest BCUT2D eigenvalue weighted by Crippen LogP contribution is -2.31. The Labute approximate surface area is 162 Å². The van der Waals surface area contributed by atoms with Crippen LogP contribution in [0.15, 0.2) is 30.3 Å². The van der Waals surface area contributed by atoms with E-state index in [4.69, 9.17) is 14.2 Å². The highest BCUT2D eigenvalue weighted by Crippen LogP contribution is 2.41. The number of hydrogen-bond donors (Lipinski definition) is 1. The normalized spacial score (nSPS) is 16.6. The second-order valence-electron chi connectivity index (χ2n) is 7.74. The minimum Gasteiger partial charge on any atom is -0.496 e. The smallest absolute Gasteiger partial charge is 0.161 e. The molecule has 1 heterocycles. The summed E-state index contributed by atoms with van der Waals surface area (Å²) in [7, 11) is 5.10. The first kappa shape index (κ1) is 19.6. The van der Waals surface area contributed by atoms with Crippen molar-refractivity contribution in [2.24, 2.45) is 0 Å². The molecule has 1 atom stereocenters. The molecule has 0 amide bonds. The molecule has 0 spiro atoms. The van der Waals surface area contributed by atoms with Crippen molar-refractivity contribution in [1.82, 2.24) is 5.32 Å². The molecule has 0 radical (unpaired) electrons. The second kappa shape index (κ2) is 7.81. The lowest BCUT2D eigenvalue weighted by molar-refractivity contribution is 0.352. The van der Waals surface area contributed by atoms with Crippen LogP contribution in [0.5, 0.6) is 17.2 Å². The van der Waals surface area contributed by atoms with Gasteiger partial charge in [-0.3, -0.25) is 0 Å². The Morgan fingerprint density at radius 1 is 0.926 bits per heavy atom. The maximum Gasteiger partial charge on any atom is 0.161 e. The van der Waals surface area contributed by atoms with Crippen molar-refractivity contribution >= 4 is 0 Å². The minimum atomic E-state index is 0.0658. The fourth-order valence-electron chi connectivity index (χ4n) is 3.75.